The van der Waals surface area contributed by atoms with E-state index >= 15 is 0 Å². The maximum absolute atomic E-state index is 10.3. The zero-order valence-corrected chi connectivity index (χ0v) is 14.7. The van der Waals surface area contributed by atoms with E-state index < -0.39 is 5.41 Å². The fraction of sp³-hybridized carbons (Fsp3) is 0.476. The second kappa shape index (κ2) is 5.50. The van der Waals surface area contributed by atoms with Crippen molar-refractivity contribution >= 4 is 10.9 Å². The summed E-state index contributed by atoms with van der Waals surface area (Å²) in [6.45, 7) is 8.81. The van der Waals surface area contributed by atoms with E-state index in [2.05, 4.69) is 67.1 Å². The van der Waals surface area contributed by atoms with Crippen molar-refractivity contribution in [2.45, 2.75) is 38.6 Å². The molecule has 24 heavy (non-hydrogen) atoms. The van der Waals surface area contributed by atoms with Crippen LogP contribution in [-0.2, 0) is 5.41 Å². The first-order valence-corrected chi connectivity index (χ1v) is 9.04. The van der Waals surface area contributed by atoms with E-state index in [-0.39, 0.29) is 6.04 Å². The van der Waals surface area contributed by atoms with Crippen molar-refractivity contribution in [1.82, 2.24) is 9.88 Å². The summed E-state index contributed by atoms with van der Waals surface area (Å²) in [5.74, 6) is 0.947. The molecule has 1 saturated heterocycles. The normalized spacial score (nSPS) is 29.9. The van der Waals surface area contributed by atoms with Gasteiger partial charge in [0.25, 0.3) is 0 Å². The van der Waals surface area contributed by atoms with Crippen LogP contribution in [0.15, 0.2) is 42.0 Å². The number of fused-ring (bicyclic) bond motifs is 3. The second-order valence-electron chi connectivity index (χ2n) is 7.63. The van der Waals surface area contributed by atoms with Crippen molar-refractivity contribution in [3.05, 3.63) is 47.7 Å². The number of aromatic amines is 1. The minimum Gasteiger partial charge on any atom is -0.357 e. The van der Waals surface area contributed by atoms with Crippen LogP contribution < -0.4 is 0 Å². The summed E-state index contributed by atoms with van der Waals surface area (Å²) in [6, 6.07) is 13.5. The minimum atomic E-state index is -0.466. The first-order valence-electron chi connectivity index (χ1n) is 9.04. The maximum atomic E-state index is 10.3. The molecule has 5 rings (SSSR count). The number of hydrogen-bond donors (Lipinski definition) is 1. The molecule has 1 fully saturated rings. The topological polar surface area (TPSA) is 42.8 Å². The molecule has 2 bridgehead atoms. The van der Waals surface area contributed by atoms with Gasteiger partial charge in [-0.1, -0.05) is 50.6 Å². The molecular formula is C21H25N3. The zero-order chi connectivity index (χ0) is 16.9. The highest BCUT2D eigenvalue weighted by atomic mass is 15.2. The number of benzene rings is 1. The summed E-state index contributed by atoms with van der Waals surface area (Å²) in [5, 5.41) is 11.5. The van der Waals surface area contributed by atoms with Crippen LogP contribution >= 0.6 is 0 Å². The number of para-hydroxylation sites is 1. The van der Waals surface area contributed by atoms with Crippen molar-refractivity contribution in [1.29, 1.82) is 5.26 Å². The van der Waals surface area contributed by atoms with Gasteiger partial charge in [0, 0.05) is 17.8 Å². The Labute approximate surface area is 144 Å². The molecule has 0 radical (unpaired) electrons. The third-order valence-corrected chi connectivity index (χ3v) is 5.91. The number of nitriles is 1. The smallest absolute Gasteiger partial charge is 0.117 e. The number of aromatic nitrogens is 1. The number of piperidine rings is 1. The van der Waals surface area contributed by atoms with Gasteiger partial charge in [-0.15, -0.1) is 0 Å². The lowest BCUT2D eigenvalue weighted by atomic mass is 9.60. The van der Waals surface area contributed by atoms with Crippen LogP contribution in [0.25, 0.3) is 10.9 Å². The lowest BCUT2D eigenvalue weighted by Crippen LogP contribution is -2.61. The summed E-state index contributed by atoms with van der Waals surface area (Å²) in [6.07, 6.45) is 3.38. The molecule has 3 atom stereocenters. The van der Waals surface area contributed by atoms with E-state index in [1.54, 1.807) is 0 Å². The van der Waals surface area contributed by atoms with Gasteiger partial charge in [0.05, 0.1) is 12.1 Å². The molecule has 1 aromatic heterocycles. The fourth-order valence-electron chi connectivity index (χ4n) is 4.84. The van der Waals surface area contributed by atoms with Gasteiger partial charge in [-0.2, -0.15) is 5.26 Å². The molecule has 124 valence electrons. The molecule has 0 spiro atoms. The van der Waals surface area contributed by atoms with E-state index in [1.807, 2.05) is 6.07 Å². The molecule has 1 N–H and O–H groups in total. The van der Waals surface area contributed by atoms with Crippen LogP contribution in [0, 0.1) is 23.2 Å². The third kappa shape index (κ3) is 2.06. The zero-order valence-electron chi connectivity index (χ0n) is 14.7. The molecule has 1 aromatic carbocycles. The van der Waals surface area contributed by atoms with Crippen LogP contribution in [0.5, 0.6) is 0 Å². The highest BCUT2D eigenvalue weighted by molar-refractivity contribution is 5.81. The predicted molar refractivity (Wildman–Crippen MR) is 97.7 cm³/mol. The summed E-state index contributed by atoms with van der Waals surface area (Å²) in [4.78, 5) is 6.08. The van der Waals surface area contributed by atoms with Gasteiger partial charge in [0.15, 0.2) is 0 Å². The third-order valence-electron chi connectivity index (χ3n) is 5.91. The monoisotopic (exact) mass is 319 g/mol. The Kier molecular flexibility index (Phi) is 3.54. The summed E-state index contributed by atoms with van der Waals surface area (Å²) >= 11 is 0. The number of H-pyrrole nitrogens is 1. The molecule has 3 aliphatic rings. The molecule has 3 unspecified atom stereocenters. The van der Waals surface area contributed by atoms with Gasteiger partial charge in [0.1, 0.15) is 5.41 Å². The number of nitrogens with one attached hydrogen (secondary N) is 1. The molecule has 0 saturated carbocycles. The Balaban J connectivity index is 1.90. The number of likely N-dealkylation sites (N-methyl/N-ethyl adjacent to an activating group) is 1. The van der Waals surface area contributed by atoms with Crippen molar-refractivity contribution in [3.63, 3.8) is 0 Å². The number of rotatable bonds is 3. The van der Waals surface area contributed by atoms with E-state index in [4.69, 9.17) is 0 Å². The van der Waals surface area contributed by atoms with Crippen LogP contribution in [-0.4, -0.2) is 29.0 Å². The van der Waals surface area contributed by atoms with E-state index in [0.29, 0.717) is 11.8 Å². The Hall–Kier alpha value is -2.05. The van der Waals surface area contributed by atoms with Crippen LogP contribution in [0.3, 0.4) is 0 Å². The van der Waals surface area contributed by atoms with E-state index in [9.17, 15) is 5.26 Å². The van der Waals surface area contributed by atoms with Gasteiger partial charge >= 0.3 is 0 Å². The largest absolute Gasteiger partial charge is 0.357 e. The Morgan fingerprint density at radius 3 is 2.83 bits per heavy atom. The highest BCUT2D eigenvalue weighted by Gasteiger charge is 2.54. The first-order chi connectivity index (χ1) is 11.6. The molecular weight excluding hydrogens is 294 g/mol. The van der Waals surface area contributed by atoms with Crippen molar-refractivity contribution in [2.24, 2.45) is 11.8 Å². The number of nitrogens with zero attached hydrogens (tertiary/aromatic N) is 2. The van der Waals surface area contributed by atoms with Crippen molar-refractivity contribution in [3.8, 4) is 6.07 Å². The van der Waals surface area contributed by atoms with Crippen molar-refractivity contribution < 1.29 is 0 Å². The van der Waals surface area contributed by atoms with Crippen molar-refractivity contribution in [2.75, 3.05) is 13.1 Å². The summed E-state index contributed by atoms with van der Waals surface area (Å²) in [5.41, 5.74) is 3.19. The lowest BCUT2D eigenvalue weighted by molar-refractivity contribution is 0.0728. The van der Waals surface area contributed by atoms with Gasteiger partial charge in [-0.05, 0) is 42.3 Å². The van der Waals surface area contributed by atoms with Crippen LogP contribution in [0.4, 0.5) is 0 Å². The fourth-order valence-corrected chi connectivity index (χ4v) is 4.84. The molecule has 1 aliphatic carbocycles. The van der Waals surface area contributed by atoms with E-state index in [1.165, 1.54) is 11.0 Å². The van der Waals surface area contributed by atoms with Gasteiger partial charge in [-0.25, -0.2) is 0 Å². The maximum Gasteiger partial charge on any atom is 0.117 e. The molecule has 3 nitrogen and oxygen atoms in total. The Bertz CT molecular complexity index is 805. The molecule has 2 aliphatic heterocycles. The number of hydrogen-bond acceptors (Lipinski definition) is 2. The quantitative estimate of drug-likeness (QED) is 0.860. The minimum absolute atomic E-state index is 0.186. The molecule has 2 aromatic rings. The summed E-state index contributed by atoms with van der Waals surface area (Å²) < 4.78 is 0. The average Bonchev–Trinajstić information content (AvgIpc) is 3.05. The lowest BCUT2D eigenvalue weighted by Gasteiger charge is -2.54. The highest BCUT2D eigenvalue weighted by Crippen LogP contribution is 2.50. The molecule has 3 heterocycles. The SMILES string of the molecule is CCN1CC2C=C(C(C)C)C1C(C#N)(c1cc3ccccc3[nH]1)C2. The van der Waals surface area contributed by atoms with Crippen LogP contribution in [0.2, 0.25) is 0 Å². The standard InChI is InChI=1S/C21H25N3/c1-4-24-12-15-9-17(14(2)3)20(24)21(11-15,13-22)19-10-16-7-5-6-8-18(16)23-19/h5-10,14-15,20,23H,4,11-12H2,1-3H3. The molecule has 3 heteroatoms. The van der Waals surface area contributed by atoms with Gasteiger partial charge in [-0.3, -0.25) is 4.90 Å². The molecule has 0 amide bonds. The second-order valence-corrected chi connectivity index (χ2v) is 7.63. The predicted octanol–water partition coefficient (Wildman–Crippen LogP) is 4.24. The summed E-state index contributed by atoms with van der Waals surface area (Å²) in [7, 11) is 0. The Morgan fingerprint density at radius 2 is 2.17 bits per heavy atom. The van der Waals surface area contributed by atoms with Gasteiger partial charge < -0.3 is 4.98 Å². The average molecular weight is 319 g/mol. The Morgan fingerprint density at radius 1 is 1.38 bits per heavy atom. The van der Waals surface area contributed by atoms with E-state index in [0.717, 1.165) is 30.7 Å². The van der Waals surface area contributed by atoms with Crippen LogP contribution in [0.1, 0.15) is 32.9 Å². The first kappa shape index (κ1) is 15.5. The van der Waals surface area contributed by atoms with Gasteiger partial charge in [0.2, 0.25) is 0 Å².